The summed E-state index contributed by atoms with van der Waals surface area (Å²) >= 11 is 2.91. The molecular formula is C24H27BrO8. The average molecular weight is 523 g/mol. The standard InChI is InChI=1S/C12H13BrO4.C12H14O4/c1-4-5-7-12(8-6-9-13,10(14)16-2)11(15)17-3;1-5-7-9-12(8-6-2,10(13)15-3)11(14)16-4/h7-8H2,1-3H3;2H,8-9H2,1,3-4H3. The maximum absolute atomic E-state index is 11.8. The van der Waals surface area contributed by atoms with E-state index in [1.165, 1.54) is 28.4 Å². The van der Waals surface area contributed by atoms with Crippen molar-refractivity contribution in [2.45, 2.75) is 39.5 Å². The molecule has 0 N–H and O–H groups in total. The largest absolute Gasteiger partial charge is 0.468 e. The Labute approximate surface area is 203 Å². The van der Waals surface area contributed by atoms with Crippen LogP contribution >= 0.6 is 15.9 Å². The summed E-state index contributed by atoms with van der Waals surface area (Å²) in [6, 6.07) is 0. The Kier molecular flexibility index (Phi) is 16.6. The lowest BCUT2D eigenvalue weighted by Crippen LogP contribution is -2.40. The van der Waals surface area contributed by atoms with Gasteiger partial charge in [-0.3, -0.25) is 19.2 Å². The second kappa shape index (κ2) is 17.2. The van der Waals surface area contributed by atoms with Gasteiger partial charge in [-0.25, -0.2) is 0 Å². The van der Waals surface area contributed by atoms with Crippen LogP contribution in [0.15, 0.2) is 0 Å². The molecule has 0 aliphatic heterocycles. The van der Waals surface area contributed by atoms with Gasteiger partial charge in [0.2, 0.25) is 0 Å². The lowest BCUT2D eigenvalue weighted by molar-refractivity contribution is -0.170. The highest BCUT2D eigenvalue weighted by Crippen LogP contribution is 2.30. The first-order chi connectivity index (χ1) is 15.7. The lowest BCUT2D eigenvalue weighted by Gasteiger charge is -2.23. The number of hydrogen-bond donors (Lipinski definition) is 0. The second-order valence-electron chi connectivity index (χ2n) is 6.17. The summed E-state index contributed by atoms with van der Waals surface area (Å²) in [6.07, 6.45) is 5.07. The van der Waals surface area contributed by atoms with Crippen molar-refractivity contribution in [1.82, 2.24) is 0 Å². The second-order valence-corrected chi connectivity index (χ2v) is 6.56. The fraction of sp³-hybridized carbons (Fsp3) is 0.500. The van der Waals surface area contributed by atoms with Crippen molar-refractivity contribution in [3.05, 3.63) is 0 Å². The summed E-state index contributed by atoms with van der Waals surface area (Å²) in [4.78, 5) is 49.3. The van der Waals surface area contributed by atoms with Crippen LogP contribution in [0.2, 0.25) is 0 Å². The highest BCUT2D eigenvalue weighted by atomic mass is 79.9. The molecule has 0 saturated heterocycles. The first-order valence-electron chi connectivity index (χ1n) is 9.32. The fourth-order valence-electron chi connectivity index (χ4n) is 2.49. The first-order valence-corrected chi connectivity index (χ1v) is 10.1. The summed E-state index contributed by atoms with van der Waals surface area (Å²) in [5.41, 5.74) is -2.99. The van der Waals surface area contributed by atoms with Crippen molar-refractivity contribution < 1.29 is 38.1 Å². The van der Waals surface area contributed by atoms with Gasteiger partial charge in [0.05, 0.1) is 28.4 Å². The molecule has 0 aromatic carbocycles. The molecule has 0 bridgehead atoms. The maximum Gasteiger partial charge on any atom is 0.325 e. The quantitative estimate of drug-likeness (QED) is 0.207. The molecule has 0 atom stereocenters. The highest BCUT2D eigenvalue weighted by Gasteiger charge is 2.48. The molecule has 0 heterocycles. The van der Waals surface area contributed by atoms with Crippen LogP contribution in [0.3, 0.4) is 0 Å². The van der Waals surface area contributed by atoms with Crippen LogP contribution in [-0.2, 0) is 38.1 Å². The van der Waals surface area contributed by atoms with Gasteiger partial charge in [0.25, 0.3) is 0 Å². The van der Waals surface area contributed by atoms with E-state index in [9.17, 15) is 19.2 Å². The predicted octanol–water partition coefficient (Wildman–Crippen LogP) is 2.23. The van der Waals surface area contributed by atoms with Crippen molar-refractivity contribution in [2.24, 2.45) is 10.8 Å². The molecule has 0 aliphatic carbocycles. The molecule has 0 aromatic heterocycles. The van der Waals surface area contributed by atoms with Gasteiger partial charge in [-0.05, 0) is 18.7 Å². The number of halogens is 1. The molecule has 8 nitrogen and oxygen atoms in total. The molecule has 0 saturated carbocycles. The van der Waals surface area contributed by atoms with Gasteiger partial charge in [0, 0.05) is 41.6 Å². The monoisotopic (exact) mass is 522 g/mol. The Bertz CT molecular complexity index is 869. The Morgan fingerprint density at radius 3 is 1.21 bits per heavy atom. The molecule has 0 amide bonds. The molecule has 0 rings (SSSR count). The first kappa shape index (κ1) is 31.8. The molecule has 0 unspecified atom stereocenters. The molecule has 0 aromatic rings. The number of methoxy groups -OCH3 is 4. The number of rotatable bonds is 8. The van der Waals surface area contributed by atoms with Crippen molar-refractivity contribution in [3.8, 4) is 46.8 Å². The van der Waals surface area contributed by atoms with Gasteiger partial charge in [-0.15, -0.1) is 36.0 Å². The molecule has 0 radical (unpaired) electrons. The number of carbonyl (C=O) groups excluding carboxylic acids is 4. The van der Waals surface area contributed by atoms with E-state index in [1.807, 2.05) is 0 Å². The van der Waals surface area contributed by atoms with Crippen LogP contribution in [-0.4, -0.2) is 52.3 Å². The third-order valence-electron chi connectivity index (χ3n) is 4.30. The van der Waals surface area contributed by atoms with Gasteiger partial charge in [0.1, 0.15) is 0 Å². The van der Waals surface area contributed by atoms with E-state index in [-0.39, 0.29) is 25.7 Å². The van der Waals surface area contributed by atoms with E-state index >= 15 is 0 Å². The summed E-state index contributed by atoms with van der Waals surface area (Å²) in [5.74, 6) is 12.7. The smallest absolute Gasteiger partial charge is 0.325 e. The summed E-state index contributed by atoms with van der Waals surface area (Å²) < 4.78 is 18.5. The number of terminal acetylenes is 1. The van der Waals surface area contributed by atoms with Crippen LogP contribution in [0, 0.1) is 57.6 Å². The van der Waals surface area contributed by atoms with E-state index in [1.54, 1.807) is 13.8 Å². The third-order valence-corrected chi connectivity index (χ3v) is 4.58. The van der Waals surface area contributed by atoms with Crippen molar-refractivity contribution in [2.75, 3.05) is 28.4 Å². The fourth-order valence-corrected chi connectivity index (χ4v) is 2.63. The minimum absolute atomic E-state index is 0.00690. The molecule has 0 aliphatic rings. The predicted molar refractivity (Wildman–Crippen MR) is 124 cm³/mol. The Morgan fingerprint density at radius 2 is 0.970 bits per heavy atom. The summed E-state index contributed by atoms with van der Waals surface area (Å²) in [7, 11) is 4.80. The Morgan fingerprint density at radius 1 is 0.667 bits per heavy atom. The van der Waals surface area contributed by atoms with Crippen LogP contribution in [0.4, 0.5) is 0 Å². The number of esters is 4. The highest BCUT2D eigenvalue weighted by molar-refractivity contribution is 9.12. The van der Waals surface area contributed by atoms with Crippen molar-refractivity contribution in [3.63, 3.8) is 0 Å². The summed E-state index contributed by atoms with van der Waals surface area (Å²) in [5, 5.41) is 0. The molecule has 33 heavy (non-hydrogen) atoms. The zero-order valence-electron chi connectivity index (χ0n) is 19.5. The minimum atomic E-state index is -1.51. The minimum Gasteiger partial charge on any atom is -0.468 e. The lowest BCUT2D eigenvalue weighted by atomic mass is 9.81. The van der Waals surface area contributed by atoms with E-state index in [0.29, 0.717) is 0 Å². The molecule has 9 heteroatoms. The van der Waals surface area contributed by atoms with E-state index in [2.05, 4.69) is 75.2 Å². The van der Waals surface area contributed by atoms with Crippen molar-refractivity contribution in [1.29, 1.82) is 0 Å². The van der Waals surface area contributed by atoms with E-state index in [0.717, 1.165) is 0 Å². The molecule has 178 valence electrons. The zero-order chi connectivity index (χ0) is 25.9. The normalized spacial score (nSPS) is 9.27. The Hall–Kier alpha value is -3.40. The van der Waals surface area contributed by atoms with Gasteiger partial charge < -0.3 is 18.9 Å². The molecular weight excluding hydrogens is 496 g/mol. The summed E-state index contributed by atoms with van der Waals surface area (Å²) in [6.45, 7) is 3.23. The molecule has 0 spiro atoms. The van der Waals surface area contributed by atoms with Gasteiger partial charge >= 0.3 is 23.9 Å². The topological polar surface area (TPSA) is 105 Å². The zero-order valence-corrected chi connectivity index (χ0v) is 21.1. The van der Waals surface area contributed by atoms with E-state index < -0.39 is 34.7 Å². The number of ether oxygens (including phenoxy) is 4. The van der Waals surface area contributed by atoms with Gasteiger partial charge in [-0.1, -0.05) is 5.92 Å². The van der Waals surface area contributed by atoms with Gasteiger partial charge in [-0.2, -0.15) is 0 Å². The number of carbonyl (C=O) groups is 4. The SMILES string of the molecule is C#CCC(CC#CC)(C(=O)OC)C(=O)OC.CC#CCC(CC#CBr)(C(=O)OC)C(=O)OC. The van der Waals surface area contributed by atoms with Gasteiger partial charge in [0.15, 0.2) is 10.8 Å². The van der Waals surface area contributed by atoms with Crippen molar-refractivity contribution >= 4 is 39.8 Å². The molecule has 0 fully saturated rings. The number of hydrogen-bond acceptors (Lipinski definition) is 8. The van der Waals surface area contributed by atoms with Crippen LogP contribution in [0.1, 0.15) is 39.5 Å². The third kappa shape index (κ3) is 8.93. The van der Waals surface area contributed by atoms with Crippen LogP contribution in [0.25, 0.3) is 0 Å². The average Bonchev–Trinajstić information content (AvgIpc) is 2.85. The van der Waals surface area contributed by atoms with E-state index in [4.69, 9.17) is 6.42 Å². The van der Waals surface area contributed by atoms with Crippen LogP contribution < -0.4 is 0 Å². The maximum atomic E-state index is 11.8. The Balaban J connectivity index is 0. The van der Waals surface area contributed by atoms with Crippen LogP contribution in [0.5, 0.6) is 0 Å².